The molecule has 0 nitrogen and oxygen atoms in total. The standard InChI is InChI=1S/C18H18/c1(5-11-17-13-7-3-8-14-17)2-6-12-18-15-9-4-10-16-18/h1,3-10,12-16H,2,11H2/b5-1+,12-6+. The highest BCUT2D eigenvalue weighted by Gasteiger charge is 1.85. The van der Waals surface area contributed by atoms with Crippen molar-refractivity contribution in [2.24, 2.45) is 0 Å². The zero-order valence-electron chi connectivity index (χ0n) is 10.5. The van der Waals surface area contributed by atoms with Gasteiger partial charge in [0, 0.05) is 0 Å². The molecule has 0 aliphatic heterocycles. The van der Waals surface area contributed by atoms with Crippen molar-refractivity contribution in [1.29, 1.82) is 0 Å². The molecule has 0 saturated carbocycles. The fraction of sp³-hybridized carbons (Fsp3) is 0.111. The average molecular weight is 234 g/mol. The average Bonchev–Trinajstić information content (AvgIpc) is 2.45. The number of rotatable bonds is 5. The van der Waals surface area contributed by atoms with Gasteiger partial charge in [-0.15, -0.1) is 0 Å². The third-order valence-corrected chi connectivity index (χ3v) is 2.75. The lowest BCUT2D eigenvalue weighted by atomic mass is 10.1. The van der Waals surface area contributed by atoms with Crippen molar-refractivity contribution in [2.75, 3.05) is 0 Å². The third-order valence-electron chi connectivity index (χ3n) is 2.75. The summed E-state index contributed by atoms with van der Waals surface area (Å²) >= 11 is 0. The second kappa shape index (κ2) is 7.29. The summed E-state index contributed by atoms with van der Waals surface area (Å²) in [6.45, 7) is 0. The monoisotopic (exact) mass is 234 g/mol. The molecule has 0 spiro atoms. The zero-order valence-corrected chi connectivity index (χ0v) is 10.5. The highest BCUT2D eigenvalue weighted by Crippen LogP contribution is 2.03. The Kier molecular flexibility index (Phi) is 5.01. The van der Waals surface area contributed by atoms with E-state index in [4.69, 9.17) is 0 Å². The molecule has 0 N–H and O–H groups in total. The van der Waals surface area contributed by atoms with Crippen LogP contribution in [0, 0.1) is 0 Å². The Morgan fingerprint density at radius 3 is 2.06 bits per heavy atom. The van der Waals surface area contributed by atoms with Gasteiger partial charge in [0.2, 0.25) is 0 Å². The minimum absolute atomic E-state index is 0.988. The predicted octanol–water partition coefficient (Wildman–Crippen LogP) is 4.89. The maximum absolute atomic E-state index is 2.23. The van der Waals surface area contributed by atoms with E-state index in [0.717, 1.165) is 12.8 Å². The van der Waals surface area contributed by atoms with Gasteiger partial charge in [0.15, 0.2) is 0 Å². The molecule has 0 aliphatic rings. The molecule has 0 heteroatoms. The quantitative estimate of drug-likeness (QED) is 0.646. The number of benzene rings is 2. The van der Waals surface area contributed by atoms with Gasteiger partial charge in [-0.05, 0) is 24.0 Å². The topological polar surface area (TPSA) is 0 Å². The van der Waals surface area contributed by atoms with Crippen LogP contribution in [0.25, 0.3) is 6.08 Å². The van der Waals surface area contributed by atoms with Crippen LogP contribution in [0.3, 0.4) is 0 Å². The van der Waals surface area contributed by atoms with Gasteiger partial charge in [0.1, 0.15) is 0 Å². The van der Waals surface area contributed by atoms with E-state index in [2.05, 4.69) is 78.9 Å². The summed E-state index contributed by atoms with van der Waals surface area (Å²) < 4.78 is 0. The van der Waals surface area contributed by atoms with Crippen LogP contribution in [-0.4, -0.2) is 0 Å². The van der Waals surface area contributed by atoms with Gasteiger partial charge in [-0.25, -0.2) is 0 Å². The molecule has 2 aromatic carbocycles. The minimum Gasteiger partial charge on any atom is -0.0844 e. The molecule has 0 aromatic heterocycles. The predicted molar refractivity (Wildman–Crippen MR) is 79.4 cm³/mol. The lowest BCUT2D eigenvalue weighted by Crippen LogP contribution is -1.77. The van der Waals surface area contributed by atoms with Crippen LogP contribution in [0.4, 0.5) is 0 Å². The van der Waals surface area contributed by atoms with Crippen LogP contribution in [0.2, 0.25) is 0 Å². The largest absolute Gasteiger partial charge is 0.0844 e. The maximum atomic E-state index is 2.23. The summed E-state index contributed by atoms with van der Waals surface area (Å²) in [7, 11) is 0. The number of allylic oxidation sites excluding steroid dienone is 3. The van der Waals surface area contributed by atoms with Crippen molar-refractivity contribution in [3.63, 3.8) is 0 Å². The Hall–Kier alpha value is -2.08. The summed E-state index contributed by atoms with van der Waals surface area (Å²) in [5.74, 6) is 0. The summed E-state index contributed by atoms with van der Waals surface area (Å²) in [6, 6.07) is 20.9. The third kappa shape index (κ3) is 4.42. The van der Waals surface area contributed by atoms with Gasteiger partial charge >= 0.3 is 0 Å². The Morgan fingerprint density at radius 2 is 1.33 bits per heavy atom. The van der Waals surface area contributed by atoms with Crippen molar-refractivity contribution in [2.45, 2.75) is 12.8 Å². The van der Waals surface area contributed by atoms with E-state index >= 15 is 0 Å². The van der Waals surface area contributed by atoms with Crippen LogP contribution in [0.1, 0.15) is 17.5 Å². The van der Waals surface area contributed by atoms with E-state index < -0.39 is 0 Å². The lowest BCUT2D eigenvalue weighted by Gasteiger charge is -1.93. The van der Waals surface area contributed by atoms with Crippen LogP contribution < -0.4 is 0 Å². The highest BCUT2D eigenvalue weighted by molar-refractivity contribution is 5.48. The first-order valence-electron chi connectivity index (χ1n) is 6.36. The zero-order chi connectivity index (χ0) is 12.5. The van der Waals surface area contributed by atoms with Crippen molar-refractivity contribution in [1.82, 2.24) is 0 Å². The first-order valence-corrected chi connectivity index (χ1v) is 6.36. The lowest BCUT2D eigenvalue weighted by molar-refractivity contribution is 1.24. The smallest absolute Gasteiger partial charge is 0.00973 e. The van der Waals surface area contributed by atoms with Gasteiger partial charge < -0.3 is 0 Å². The molecule has 0 fully saturated rings. The fourth-order valence-corrected chi connectivity index (χ4v) is 1.78. The fourth-order valence-electron chi connectivity index (χ4n) is 1.78. The van der Waals surface area contributed by atoms with Gasteiger partial charge in [-0.1, -0.05) is 85.0 Å². The highest BCUT2D eigenvalue weighted by atomic mass is 13.9. The molecule has 2 aromatic rings. The molecule has 0 aliphatic carbocycles. The van der Waals surface area contributed by atoms with Crippen LogP contribution in [-0.2, 0) is 6.42 Å². The van der Waals surface area contributed by atoms with Crippen LogP contribution in [0.5, 0.6) is 0 Å². The van der Waals surface area contributed by atoms with Crippen molar-refractivity contribution in [3.8, 4) is 0 Å². The van der Waals surface area contributed by atoms with Gasteiger partial charge in [0.25, 0.3) is 0 Å². The van der Waals surface area contributed by atoms with E-state index in [1.807, 2.05) is 6.07 Å². The van der Waals surface area contributed by atoms with Crippen LogP contribution in [0.15, 0.2) is 78.9 Å². The Balaban J connectivity index is 1.74. The Morgan fingerprint density at radius 1 is 0.667 bits per heavy atom. The van der Waals surface area contributed by atoms with Gasteiger partial charge in [0.05, 0.1) is 0 Å². The van der Waals surface area contributed by atoms with E-state index in [0.29, 0.717) is 0 Å². The Labute approximate surface area is 109 Å². The molecule has 0 saturated heterocycles. The summed E-state index contributed by atoms with van der Waals surface area (Å²) in [6.07, 6.45) is 10.8. The van der Waals surface area contributed by atoms with Crippen molar-refractivity contribution < 1.29 is 0 Å². The molecule has 0 unspecified atom stereocenters. The second-order valence-corrected chi connectivity index (χ2v) is 4.21. The molecular weight excluding hydrogens is 216 g/mol. The molecule has 90 valence electrons. The summed E-state index contributed by atoms with van der Waals surface area (Å²) in [5, 5.41) is 0. The molecule has 0 heterocycles. The van der Waals surface area contributed by atoms with Gasteiger partial charge in [-0.2, -0.15) is 0 Å². The minimum atomic E-state index is 0.988. The first-order chi connectivity index (χ1) is 8.95. The molecule has 18 heavy (non-hydrogen) atoms. The summed E-state index contributed by atoms with van der Waals surface area (Å²) in [5.41, 5.74) is 2.62. The Bertz CT molecular complexity index is 492. The molecule has 0 radical (unpaired) electrons. The SMILES string of the molecule is C(=C\Cc1ccccc1)/C/C=C/c1ccccc1. The van der Waals surface area contributed by atoms with E-state index in [1.54, 1.807) is 0 Å². The number of hydrogen-bond acceptors (Lipinski definition) is 0. The maximum Gasteiger partial charge on any atom is -0.00973 e. The molecular formula is C18H18. The van der Waals surface area contributed by atoms with Crippen LogP contribution >= 0.6 is 0 Å². The van der Waals surface area contributed by atoms with Crippen molar-refractivity contribution in [3.05, 3.63) is 90.0 Å². The summed E-state index contributed by atoms with van der Waals surface area (Å²) in [4.78, 5) is 0. The van der Waals surface area contributed by atoms with E-state index in [-0.39, 0.29) is 0 Å². The molecule has 0 atom stereocenters. The van der Waals surface area contributed by atoms with E-state index in [1.165, 1.54) is 11.1 Å². The van der Waals surface area contributed by atoms with Crippen molar-refractivity contribution >= 4 is 6.08 Å². The van der Waals surface area contributed by atoms with Gasteiger partial charge in [-0.3, -0.25) is 0 Å². The second-order valence-electron chi connectivity index (χ2n) is 4.21. The normalized spacial score (nSPS) is 11.3. The number of hydrogen-bond donors (Lipinski definition) is 0. The first kappa shape index (κ1) is 12.4. The molecule has 0 amide bonds. The van der Waals surface area contributed by atoms with E-state index in [9.17, 15) is 0 Å². The molecule has 2 rings (SSSR count). The molecule has 0 bridgehead atoms.